The van der Waals surface area contributed by atoms with E-state index in [4.69, 9.17) is 0 Å². The molecule has 17 fully saturated rings. The number of fused-ring (bicyclic) bond motifs is 8. The van der Waals surface area contributed by atoms with E-state index in [1.807, 2.05) is 88.0 Å². The summed E-state index contributed by atoms with van der Waals surface area (Å²) in [4.78, 5) is 113. The normalized spacial score (nSPS) is 38.2. The lowest BCUT2D eigenvalue weighted by atomic mass is 9.74. The first kappa shape index (κ1) is 122. The Morgan fingerprint density at radius 3 is 0.542 bits per heavy atom. The first-order valence-corrected chi connectivity index (χ1v) is 59.7. The summed E-state index contributed by atoms with van der Waals surface area (Å²) in [7, 11) is 0. The molecule has 0 aromatic carbocycles. The lowest BCUT2D eigenvalue weighted by Gasteiger charge is -2.34. The number of rotatable bonds is 6. The molecule has 34 atom stereocenters. The summed E-state index contributed by atoms with van der Waals surface area (Å²) in [6.45, 7) is 117. The van der Waals surface area contributed by atoms with Gasteiger partial charge in [0, 0.05) is 147 Å². The lowest BCUT2D eigenvalue weighted by Crippen LogP contribution is -2.39. The smallest absolute Gasteiger partial charge is 0.229 e. The van der Waals surface area contributed by atoms with Crippen molar-refractivity contribution < 1.29 is 42.7 Å². The van der Waals surface area contributed by atoms with Crippen LogP contribution < -0.4 is 0 Å². The van der Waals surface area contributed by atoms with Crippen LogP contribution in [0.3, 0.4) is 0 Å². The van der Waals surface area contributed by atoms with Gasteiger partial charge in [-0.05, 0) is 297 Å². The third-order valence-electron chi connectivity index (χ3n) is 42.8. The van der Waals surface area contributed by atoms with Gasteiger partial charge >= 0.3 is 0 Å². The van der Waals surface area contributed by atoms with E-state index in [-0.39, 0.29) is 28.6 Å². The first-order chi connectivity index (χ1) is 65.7. The molecule has 144 heavy (non-hydrogen) atoms. The zero-order valence-corrected chi connectivity index (χ0v) is 102. The molecular weight excluding hydrogens is 1780 g/mol. The van der Waals surface area contributed by atoms with E-state index in [0.717, 1.165) is 276 Å². The topological polar surface area (TPSA) is 162 Å². The molecular formula is C127H227FN8O8. The van der Waals surface area contributed by atoms with Crippen molar-refractivity contribution in [2.24, 2.45) is 255 Å². The molecule has 17 heteroatoms. The van der Waals surface area contributed by atoms with Crippen molar-refractivity contribution in [3.05, 3.63) is 0 Å². The van der Waals surface area contributed by atoms with Gasteiger partial charge in [-0.2, -0.15) is 0 Å². The molecule has 9 aliphatic carbocycles. The summed E-state index contributed by atoms with van der Waals surface area (Å²) < 4.78 is 13.7. The molecule has 34 unspecified atom stereocenters. The van der Waals surface area contributed by atoms with Gasteiger partial charge in [-0.1, -0.05) is 305 Å². The number of halogens is 1. The Balaban J connectivity index is 0.000000169. The zero-order chi connectivity index (χ0) is 109. The third kappa shape index (κ3) is 27.7. The van der Waals surface area contributed by atoms with Gasteiger partial charge in [0.05, 0.1) is 5.92 Å². The largest absolute Gasteiger partial charge is 0.342 e. The number of carbonyl (C=O) groups excluding carboxylic acids is 8. The minimum absolute atomic E-state index is 0.0731. The summed E-state index contributed by atoms with van der Waals surface area (Å²) in [6.07, 6.45) is 13.5. The van der Waals surface area contributed by atoms with Crippen LogP contribution in [0.25, 0.3) is 0 Å². The second-order valence-corrected chi connectivity index (χ2v) is 63.1. The number of nitrogens with zero attached hydrogens (tertiary/aromatic N) is 8. The Morgan fingerprint density at radius 1 is 0.250 bits per heavy atom. The van der Waals surface area contributed by atoms with Gasteiger partial charge in [0.1, 0.15) is 5.67 Å². The van der Waals surface area contributed by atoms with E-state index in [2.05, 4.69) is 256 Å². The number of amides is 8. The lowest BCUT2D eigenvalue weighted by molar-refractivity contribution is -0.139. The van der Waals surface area contributed by atoms with Gasteiger partial charge < -0.3 is 39.2 Å². The van der Waals surface area contributed by atoms with E-state index < -0.39 is 5.67 Å². The van der Waals surface area contributed by atoms with Crippen molar-refractivity contribution in [1.29, 1.82) is 0 Å². The van der Waals surface area contributed by atoms with Crippen molar-refractivity contribution in [1.82, 2.24) is 39.2 Å². The molecule has 8 aliphatic heterocycles. The molecule has 17 rings (SSSR count). The molecule has 0 radical (unpaired) electrons. The SMILES string of the molecule is CC(C)C(=O)N1CC2CC(C(C)(C)C)C(C)C2C1.CC1C2CN(C(=O)C(C)(C)C)CC2CC1C(C)(C)C.CC1C2CN(C(=O)C(C)(C)C)CC2CC1C(C)(C)C.CC1C2CN(C(=O)C3CC3(C)F)CC2CC1C(C)(C)C.CCC(=O)N1CC2CC(C(C)(C)C)C(C)C2C1.CCC(=O)N1CC2CC(C(C)(C)C)C(C)C2C1.CCC(=O)N1CC2CC(C(C)(C)C)C(C)C2C1.CCC(=O)N1CC2CC(C(C)(C)C)C(C)C2C1. The van der Waals surface area contributed by atoms with E-state index in [1.165, 1.54) is 51.4 Å². The number of alkyl halides is 1. The standard InChI is InChI=1S/C17H28FNO.2C17H31NO.C16H29NO.4C15H27NO/c1-10-12-9-19(15(20)14-7-17(14,5)18)8-11(12)6-13(10)16(2,3)4;2*1-11-13-10-18(15(19)17(5,6)7)9-12(13)8-14(11)16(2,3)4;1-10(2)15(18)17-8-12-7-14(16(4,5)6)11(3)13(12)9-17;4*1-6-14(17)16-8-11-7-13(15(3,4)5)10(2)12(11)9-16/h10-14H,6-9H2,1-5H3;2*11-14H,8-10H2,1-7H3;10-14H,7-9H2,1-6H3;4*10-13H,6-9H2,1-5H3. The van der Waals surface area contributed by atoms with Crippen LogP contribution in [-0.2, 0) is 38.4 Å². The van der Waals surface area contributed by atoms with Crippen LogP contribution in [0.15, 0.2) is 0 Å². The maximum absolute atomic E-state index is 13.7. The van der Waals surface area contributed by atoms with Gasteiger partial charge in [0.2, 0.25) is 47.3 Å². The van der Waals surface area contributed by atoms with Crippen molar-refractivity contribution in [2.75, 3.05) is 105 Å². The highest BCUT2D eigenvalue weighted by Crippen LogP contribution is 2.61. The molecule has 8 amide bonds. The number of hydrogen-bond donors (Lipinski definition) is 0. The molecule has 0 bridgehead atoms. The Morgan fingerprint density at radius 2 is 0.396 bits per heavy atom. The summed E-state index contributed by atoms with van der Waals surface area (Å²) in [5.41, 5.74) is 1.57. The van der Waals surface area contributed by atoms with Gasteiger partial charge in [-0.3, -0.25) is 38.4 Å². The van der Waals surface area contributed by atoms with Gasteiger partial charge in [-0.25, -0.2) is 4.39 Å². The van der Waals surface area contributed by atoms with E-state index >= 15 is 0 Å². The van der Waals surface area contributed by atoms with Crippen LogP contribution in [-0.4, -0.2) is 197 Å². The second kappa shape index (κ2) is 45.4. The summed E-state index contributed by atoms with van der Waals surface area (Å²) >= 11 is 0. The molecule has 0 aromatic rings. The highest BCUT2D eigenvalue weighted by molar-refractivity contribution is 5.84. The molecule has 8 heterocycles. The molecule has 0 N–H and O–H groups in total. The molecule has 0 spiro atoms. The van der Waals surface area contributed by atoms with Crippen LogP contribution in [0.5, 0.6) is 0 Å². The minimum atomic E-state index is -1.23. The predicted octanol–water partition coefficient (Wildman–Crippen LogP) is 27.2. The molecule has 0 aromatic heterocycles. The van der Waals surface area contributed by atoms with Crippen molar-refractivity contribution >= 4 is 47.3 Å². The first-order valence-electron chi connectivity index (χ1n) is 59.7. The fraction of sp³-hybridized carbons (Fsp3) is 0.937. The van der Waals surface area contributed by atoms with Crippen molar-refractivity contribution in [3.8, 4) is 0 Å². The quantitative estimate of drug-likeness (QED) is 0.254. The third-order valence-corrected chi connectivity index (χ3v) is 42.8. The Kier molecular flexibility index (Phi) is 38.3. The zero-order valence-electron chi connectivity index (χ0n) is 102. The summed E-state index contributed by atoms with van der Waals surface area (Å²) in [6, 6.07) is 0. The number of likely N-dealkylation sites (tertiary alicyclic amines) is 8. The van der Waals surface area contributed by atoms with Crippen LogP contribution in [0.2, 0.25) is 0 Å². The van der Waals surface area contributed by atoms with Crippen molar-refractivity contribution in [2.45, 2.75) is 401 Å². The molecule has 17 aliphatic rings. The Labute approximate surface area is 884 Å². The van der Waals surface area contributed by atoms with E-state index in [9.17, 15) is 42.7 Å². The number of carbonyl (C=O) groups is 8. The Hall–Kier alpha value is -4.31. The fourth-order valence-electron chi connectivity index (χ4n) is 34.4. The van der Waals surface area contributed by atoms with Crippen molar-refractivity contribution in [3.63, 3.8) is 0 Å². The minimum Gasteiger partial charge on any atom is -0.342 e. The molecule has 8 saturated heterocycles. The maximum atomic E-state index is 13.7. The van der Waals surface area contributed by atoms with Gasteiger partial charge in [0.15, 0.2) is 0 Å². The second-order valence-electron chi connectivity index (χ2n) is 63.1. The monoisotopic (exact) mass is 2010 g/mol. The van der Waals surface area contributed by atoms with Crippen LogP contribution in [0.1, 0.15) is 395 Å². The van der Waals surface area contributed by atoms with Crippen LogP contribution in [0.4, 0.5) is 4.39 Å². The van der Waals surface area contributed by atoms with Gasteiger partial charge in [0.25, 0.3) is 0 Å². The Bertz CT molecular complexity index is 3990. The van der Waals surface area contributed by atoms with E-state index in [1.54, 1.807) is 6.92 Å². The average Bonchev–Trinajstić information content (AvgIpc) is 1.58. The number of hydrogen-bond acceptors (Lipinski definition) is 8. The molecule has 16 nitrogen and oxygen atoms in total. The van der Waals surface area contributed by atoms with Crippen LogP contribution in [0, 0.1) is 255 Å². The predicted molar refractivity (Wildman–Crippen MR) is 595 cm³/mol. The van der Waals surface area contributed by atoms with Crippen LogP contribution >= 0.6 is 0 Å². The highest BCUT2D eigenvalue weighted by atomic mass is 19.1. The van der Waals surface area contributed by atoms with E-state index in [0.29, 0.717) is 135 Å². The average molecular weight is 2010 g/mol. The molecule has 830 valence electrons. The van der Waals surface area contributed by atoms with Gasteiger partial charge in [-0.15, -0.1) is 0 Å². The highest BCUT2D eigenvalue weighted by Gasteiger charge is 2.62. The molecule has 9 saturated carbocycles. The maximum Gasteiger partial charge on any atom is 0.229 e. The fourth-order valence-corrected chi connectivity index (χ4v) is 34.4. The summed E-state index contributed by atoms with van der Waals surface area (Å²) in [5, 5.41) is 0. The summed E-state index contributed by atoms with van der Waals surface area (Å²) in [5.74, 6) is 26.7.